The molecule has 0 aliphatic rings. The number of aromatic nitrogens is 3. The van der Waals surface area contributed by atoms with Crippen LogP contribution in [-0.2, 0) is 13.6 Å². The van der Waals surface area contributed by atoms with Crippen molar-refractivity contribution in [3.8, 4) is 0 Å². The van der Waals surface area contributed by atoms with Gasteiger partial charge in [-0.3, -0.25) is 9.13 Å². The molecular weight excluding hydrogens is 373 g/mol. The van der Waals surface area contributed by atoms with Crippen LogP contribution in [-0.4, -0.2) is 25.3 Å². The third kappa shape index (κ3) is 3.65. The average Bonchev–Trinajstić information content (AvgIpc) is 2.86. The number of aliphatic hydroxyl groups is 1. The lowest BCUT2D eigenvalue weighted by molar-refractivity contribution is 0.178. The summed E-state index contributed by atoms with van der Waals surface area (Å²) < 4.78 is 17.2. The van der Waals surface area contributed by atoms with E-state index in [9.17, 15) is 14.3 Å². The Morgan fingerprint density at radius 1 is 1.41 bits per heavy atom. The van der Waals surface area contributed by atoms with Gasteiger partial charge in [-0.15, -0.1) is 0 Å². The van der Waals surface area contributed by atoms with E-state index in [4.69, 9.17) is 18.2 Å². The molecule has 140 valence electrons. The first kappa shape index (κ1) is 18.9. The topological polar surface area (TPSA) is 76.4 Å². The highest BCUT2D eigenvalue weighted by Crippen LogP contribution is 2.29. The van der Waals surface area contributed by atoms with E-state index < -0.39 is 11.9 Å². The first-order chi connectivity index (χ1) is 12.8. The van der Waals surface area contributed by atoms with Crippen LogP contribution in [0.4, 0.5) is 21.6 Å². The smallest absolute Gasteiger partial charge is 0.328 e. The predicted octanol–water partition coefficient (Wildman–Crippen LogP) is 3.59. The second kappa shape index (κ2) is 7.39. The summed E-state index contributed by atoms with van der Waals surface area (Å²) >= 11 is 5.88. The van der Waals surface area contributed by atoms with Gasteiger partial charge in [-0.05, 0) is 37.6 Å². The molecule has 0 spiro atoms. The van der Waals surface area contributed by atoms with Crippen molar-refractivity contribution in [2.75, 3.05) is 5.32 Å². The van der Waals surface area contributed by atoms with Crippen LogP contribution < -0.4 is 11.0 Å². The molecule has 2 heterocycles. The SMILES string of the molecule is [C-]#[N+]c1cc(F)c(Nc2ccc3c(c2)n(CC[C@H](C)O)c(=O)n3C)nc1Cl. The number of benzene rings is 1. The molecule has 0 amide bonds. The second-order valence-corrected chi connectivity index (χ2v) is 6.56. The Bertz CT molecular complexity index is 1110. The van der Waals surface area contributed by atoms with Crippen LogP contribution in [0.25, 0.3) is 15.9 Å². The van der Waals surface area contributed by atoms with Gasteiger partial charge < -0.3 is 10.4 Å². The third-order valence-electron chi connectivity index (χ3n) is 4.21. The van der Waals surface area contributed by atoms with Crippen molar-refractivity contribution < 1.29 is 9.50 Å². The maximum atomic E-state index is 14.2. The molecule has 0 aliphatic carbocycles. The summed E-state index contributed by atoms with van der Waals surface area (Å²) in [6.07, 6.45) is -0.101. The molecule has 0 unspecified atom stereocenters. The van der Waals surface area contributed by atoms with E-state index in [1.54, 1.807) is 36.7 Å². The molecule has 0 bridgehead atoms. The number of anilines is 2. The summed E-state index contributed by atoms with van der Waals surface area (Å²) in [5.41, 5.74) is 1.61. The largest absolute Gasteiger partial charge is 0.393 e. The molecule has 3 rings (SSSR count). The molecule has 3 aromatic rings. The quantitative estimate of drug-likeness (QED) is 0.516. The van der Waals surface area contributed by atoms with Crippen molar-refractivity contribution in [1.82, 2.24) is 14.1 Å². The van der Waals surface area contributed by atoms with E-state index in [1.165, 1.54) is 4.57 Å². The Balaban J connectivity index is 2.02. The molecule has 0 saturated carbocycles. The number of imidazole rings is 1. The minimum atomic E-state index is -0.704. The summed E-state index contributed by atoms with van der Waals surface area (Å²) in [5, 5.41) is 12.3. The molecule has 1 atom stereocenters. The van der Waals surface area contributed by atoms with E-state index in [2.05, 4.69) is 15.1 Å². The predicted molar refractivity (Wildman–Crippen MR) is 102 cm³/mol. The first-order valence-corrected chi connectivity index (χ1v) is 8.57. The summed E-state index contributed by atoms with van der Waals surface area (Å²) in [6, 6.07) is 6.16. The van der Waals surface area contributed by atoms with Crippen LogP contribution in [0.3, 0.4) is 0 Å². The van der Waals surface area contributed by atoms with Gasteiger partial charge in [0.15, 0.2) is 11.6 Å². The van der Waals surface area contributed by atoms with E-state index in [0.717, 1.165) is 6.07 Å². The molecular formula is C18H17ClFN5O2. The normalized spacial score (nSPS) is 12.1. The zero-order chi connectivity index (χ0) is 19.7. The summed E-state index contributed by atoms with van der Waals surface area (Å²) in [4.78, 5) is 19.4. The molecule has 7 nitrogen and oxygen atoms in total. The number of hydrogen-bond acceptors (Lipinski definition) is 4. The Morgan fingerprint density at radius 2 is 2.15 bits per heavy atom. The minimum Gasteiger partial charge on any atom is -0.393 e. The monoisotopic (exact) mass is 389 g/mol. The maximum absolute atomic E-state index is 14.2. The minimum absolute atomic E-state index is 0.0646. The number of aryl methyl sites for hydroxylation is 2. The molecule has 27 heavy (non-hydrogen) atoms. The number of nitrogens with one attached hydrogen (secondary N) is 1. The molecule has 2 N–H and O–H groups in total. The lowest BCUT2D eigenvalue weighted by Crippen LogP contribution is -2.23. The van der Waals surface area contributed by atoms with E-state index in [0.29, 0.717) is 29.7 Å². The van der Waals surface area contributed by atoms with Gasteiger partial charge in [-0.2, -0.15) is 0 Å². The number of rotatable bonds is 5. The van der Waals surface area contributed by atoms with Crippen LogP contribution >= 0.6 is 11.6 Å². The summed E-state index contributed by atoms with van der Waals surface area (Å²) in [5.74, 6) is -0.814. The van der Waals surface area contributed by atoms with Crippen LogP contribution in [0, 0.1) is 12.4 Å². The van der Waals surface area contributed by atoms with Gasteiger partial charge in [0, 0.05) is 19.3 Å². The van der Waals surface area contributed by atoms with Gasteiger partial charge in [-0.25, -0.2) is 19.0 Å². The average molecular weight is 390 g/mol. The third-order valence-corrected chi connectivity index (χ3v) is 4.49. The van der Waals surface area contributed by atoms with Crippen LogP contribution in [0.5, 0.6) is 0 Å². The van der Waals surface area contributed by atoms with E-state index in [-0.39, 0.29) is 22.3 Å². The van der Waals surface area contributed by atoms with Gasteiger partial charge in [0.2, 0.25) is 5.69 Å². The van der Waals surface area contributed by atoms with Crippen LogP contribution in [0.1, 0.15) is 13.3 Å². The fourth-order valence-electron chi connectivity index (χ4n) is 2.78. The maximum Gasteiger partial charge on any atom is 0.328 e. The van der Waals surface area contributed by atoms with Gasteiger partial charge in [0.05, 0.1) is 23.7 Å². The van der Waals surface area contributed by atoms with E-state index in [1.807, 2.05) is 0 Å². The molecule has 9 heteroatoms. The zero-order valence-electron chi connectivity index (χ0n) is 14.7. The van der Waals surface area contributed by atoms with Crippen LogP contribution in [0.2, 0.25) is 5.15 Å². The number of hydrogen-bond donors (Lipinski definition) is 2. The van der Waals surface area contributed by atoms with Crippen molar-refractivity contribution in [2.24, 2.45) is 7.05 Å². The van der Waals surface area contributed by atoms with Gasteiger partial charge in [0.1, 0.15) is 5.15 Å². The van der Waals surface area contributed by atoms with Crippen molar-refractivity contribution in [2.45, 2.75) is 26.0 Å². The van der Waals surface area contributed by atoms with Crippen molar-refractivity contribution >= 4 is 39.8 Å². The van der Waals surface area contributed by atoms with Gasteiger partial charge in [-0.1, -0.05) is 11.6 Å². The Kier molecular flexibility index (Phi) is 5.17. The van der Waals surface area contributed by atoms with Gasteiger partial charge >= 0.3 is 5.69 Å². The molecule has 0 fully saturated rings. The highest BCUT2D eigenvalue weighted by Gasteiger charge is 2.14. The number of fused-ring (bicyclic) bond motifs is 1. The molecule has 0 radical (unpaired) electrons. The van der Waals surface area contributed by atoms with Crippen molar-refractivity contribution in [1.29, 1.82) is 0 Å². The van der Waals surface area contributed by atoms with E-state index >= 15 is 0 Å². The Labute approximate surface area is 159 Å². The van der Waals surface area contributed by atoms with Crippen molar-refractivity contribution in [3.63, 3.8) is 0 Å². The molecule has 0 aliphatic heterocycles. The zero-order valence-corrected chi connectivity index (χ0v) is 15.5. The molecule has 1 aromatic carbocycles. The molecule has 2 aromatic heterocycles. The Morgan fingerprint density at radius 3 is 2.81 bits per heavy atom. The second-order valence-electron chi connectivity index (χ2n) is 6.20. The lowest BCUT2D eigenvalue weighted by Gasteiger charge is -2.10. The lowest BCUT2D eigenvalue weighted by atomic mass is 10.2. The van der Waals surface area contributed by atoms with Gasteiger partial charge in [0.25, 0.3) is 0 Å². The highest BCUT2D eigenvalue weighted by atomic mass is 35.5. The summed E-state index contributed by atoms with van der Waals surface area (Å²) in [6.45, 7) is 8.96. The number of nitrogens with zero attached hydrogens (tertiary/aromatic N) is 4. The molecule has 0 saturated heterocycles. The Hall–Kier alpha value is -2.89. The summed E-state index contributed by atoms with van der Waals surface area (Å²) in [7, 11) is 1.67. The fourth-order valence-corrected chi connectivity index (χ4v) is 2.96. The standard InChI is InChI=1S/C18H17ClFN5O2/c1-10(26)6-7-25-15-8-11(4-5-14(15)24(3)18(25)27)22-17-12(20)9-13(21-2)16(19)23-17/h4-5,8-10,26H,6-7H2,1,3H3,(H,22,23)/t10-/m0/s1. The number of pyridine rings is 1. The first-order valence-electron chi connectivity index (χ1n) is 8.19. The van der Waals surface area contributed by atoms with Crippen LogP contribution in [0.15, 0.2) is 29.1 Å². The number of aliphatic hydroxyl groups excluding tert-OH is 1. The number of halogens is 2. The fraction of sp³-hybridized carbons (Fsp3) is 0.278. The highest BCUT2D eigenvalue weighted by molar-refractivity contribution is 6.32. The van der Waals surface area contributed by atoms with Crippen molar-refractivity contribution in [3.05, 3.63) is 57.1 Å².